The van der Waals surface area contributed by atoms with E-state index in [-0.39, 0.29) is 12.5 Å². The SMILES string of the molecule is CCOC1(c2noc(CO)n2)CCC(C)CC1. The molecule has 0 radical (unpaired) electrons. The summed E-state index contributed by atoms with van der Waals surface area (Å²) in [6, 6.07) is 0. The third-order valence-electron chi connectivity index (χ3n) is 3.51. The van der Waals surface area contributed by atoms with Crippen LogP contribution in [0.1, 0.15) is 51.2 Å². The van der Waals surface area contributed by atoms with Gasteiger partial charge in [0.1, 0.15) is 12.2 Å². The summed E-state index contributed by atoms with van der Waals surface area (Å²) in [5, 5.41) is 12.9. The van der Waals surface area contributed by atoms with Gasteiger partial charge in [0.25, 0.3) is 5.89 Å². The predicted molar refractivity (Wildman–Crippen MR) is 61.2 cm³/mol. The summed E-state index contributed by atoms with van der Waals surface area (Å²) in [6.07, 6.45) is 4.07. The van der Waals surface area contributed by atoms with Crippen molar-refractivity contribution in [2.24, 2.45) is 5.92 Å². The van der Waals surface area contributed by atoms with Crippen LogP contribution in [-0.4, -0.2) is 21.9 Å². The highest BCUT2D eigenvalue weighted by Gasteiger charge is 2.40. The molecular formula is C12H20N2O3. The Kier molecular flexibility index (Phi) is 3.79. The van der Waals surface area contributed by atoms with Gasteiger partial charge in [0.05, 0.1) is 0 Å². The fourth-order valence-corrected chi connectivity index (χ4v) is 2.44. The van der Waals surface area contributed by atoms with Gasteiger partial charge in [-0.15, -0.1) is 0 Å². The molecule has 0 aromatic carbocycles. The lowest BCUT2D eigenvalue weighted by molar-refractivity contribution is -0.0847. The van der Waals surface area contributed by atoms with Crippen LogP contribution in [0.2, 0.25) is 0 Å². The summed E-state index contributed by atoms with van der Waals surface area (Å²) < 4.78 is 10.9. The van der Waals surface area contributed by atoms with Crippen molar-refractivity contribution in [3.63, 3.8) is 0 Å². The molecule has 0 unspecified atom stereocenters. The van der Waals surface area contributed by atoms with Crippen LogP contribution in [0.15, 0.2) is 4.52 Å². The highest BCUT2D eigenvalue weighted by atomic mass is 16.5. The van der Waals surface area contributed by atoms with E-state index in [1.165, 1.54) is 0 Å². The second-order valence-electron chi connectivity index (χ2n) is 4.78. The van der Waals surface area contributed by atoms with Crippen molar-refractivity contribution < 1.29 is 14.4 Å². The third-order valence-corrected chi connectivity index (χ3v) is 3.51. The van der Waals surface area contributed by atoms with Crippen LogP contribution in [0, 0.1) is 5.92 Å². The Morgan fingerprint density at radius 1 is 1.47 bits per heavy atom. The summed E-state index contributed by atoms with van der Waals surface area (Å²) in [5.41, 5.74) is -0.405. The van der Waals surface area contributed by atoms with E-state index >= 15 is 0 Å². The van der Waals surface area contributed by atoms with E-state index in [1.807, 2.05) is 6.92 Å². The number of aromatic nitrogens is 2. The standard InChI is InChI=1S/C12H20N2O3/c1-3-16-12(6-4-9(2)5-7-12)11-13-10(8-15)17-14-11/h9,15H,3-8H2,1-2H3. The molecular weight excluding hydrogens is 220 g/mol. The first-order valence-corrected chi connectivity index (χ1v) is 6.28. The van der Waals surface area contributed by atoms with Crippen molar-refractivity contribution >= 4 is 0 Å². The lowest BCUT2D eigenvalue weighted by Gasteiger charge is -2.36. The topological polar surface area (TPSA) is 68.4 Å². The second kappa shape index (κ2) is 5.14. The average Bonchev–Trinajstić information content (AvgIpc) is 2.82. The average molecular weight is 240 g/mol. The molecule has 5 nitrogen and oxygen atoms in total. The first kappa shape index (κ1) is 12.5. The molecule has 2 rings (SSSR count). The molecule has 5 heteroatoms. The fourth-order valence-electron chi connectivity index (χ4n) is 2.44. The number of ether oxygens (including phenoxy) is 1. The van der Waals surface area contributed by atoms with Gasteiger partial charge < -0.3 is 14.4 Å². The highest BCUT2D eigenvalue weighted by molar-refractivity contribution is 5.03. The number of hydrogen-bond acceptors (Lipinski definition) is 5. The molecule has 1 aliphatic carbocycles. The van der Waals surface area contributed by atoms with Gasteiger partial charge in [-0.05, 0) is 38.5 Å². The minimum Gasteiger partial charge on any atom is -0.387 e. The van der Waals surface area contributed by atoms with Gasteiger partial charge in [-0.25, -0.2) is 0 Å². The molecule has 0 aliphatic heterocycles. The van der Waals surface area contributed by atoms with E-state index in [0.717, 1.165) is 31.6 Å². The normalized spacial score (nSPS) is 29.5. The smallest absolute Gasteiger partial charge is 0.252 e. The first-order chi connectivity index (χ1) is 8.20. The Balaban J connectivity index is 2.21. The zero-order valence-corrected chi connectivity index (χ0v) is 10.5. The van der Waals surface area contributed by atoms with Gasteiger partial charge in [-0.1, -0.05) is 12.1 Å². The van der Waals surface area contributed by atoms with Gasteiger partial charge in [-0.3, -0.25) is 0 Å². The molecule has 0 atom stereocenters. The van der Waals surface area contributed by atoms with E-state index in [0.29, 0.717) is 12.4 Å². The van der Waals surface area contributed by atoms with E-state index in [4.69, 9.17) is 14.4 Å². The molecule has 1 aromatic heterocycles. The Morgan fingerprint density at radius 2 is 2.18 bits per heavy atom. The minimum atomic E-state index is -0.405. The Labute approximate surface area is 101 Å². The fraction of sp³-hybridized carbons (Fsp3) is 0.833. The molecule has 1 saturated carbocycles. The van der Waals surface area contributed by atoms with Gasteiger partial charge in [-0.2, -0.15) is 4.98 Å². The molecule has 1 heterocycles. The Hall–Kier alpha value is -0.940. The zero-order chi connectivity index (χ0) is 12.3. The Bertz CT molecular complexity index is 356. The van der Waals surface area contributed by atoms with Crippen molar-refractivity contribution in [1.82, 2.24) is 10.1 Å². The van der Waals surface area contributed by atoms with Crippen LogP contribution >= 0.6 is 0 Å². The maximum Gasteiger partial charge on any atom is 0.252 e. The molecule has 0 amide bonds. The Morgan fingerprint density at radius 3 is 2.71 bits per heavy atom. The second-order valence-corrected chi connectivity index (χ2v) is 4.78. The first-order valence-electron chi connectivity index (χ1n) is 6.28. The van der Waals surface area contributed by atoms with Crippen molar-refractivity contribution in [3.05, 3.63) is 11.7 Å². The third kappa shape index (κ3) is 2.50. The summed E-state index contributed by atoms with van der Waals surface area (Å²) in [4.78, 5) is 4.22. The van der Waals surface area contributed by atoms with E-state index in [9.17, 15) is 0 Å². The van der Waals surface area contributed by atoms with Crippen LogP contribution in [0.25, 0.3) is 0 Å². The molecule has 0 bridgehead atoms. The van der Waals surface area contributed by atoms with E-state index < -0.39 is 5.60 Å². The summed E-state index contributed by atoms with van der Waals surface area (Å²) in [6.45, 7) is 4.65. The van der Waals surface area contributed by atoms with Crippen LogP contribution < -0.4 is 0 Å². The lowest BCUT2D eigenvalue weighted by Crippen LogP contribution is -2.35. The maximum atomic E-state index is 8.97. The van der Waals surface area contributed by atoms with Crippen molar-refractivity contribution in [2.75, 3.05) is 6.61 Å². The van der Waals surface area contributed by atoms with Gasteiger partial charge in [0, 0.05) is 6.61 Å². The predicted octanol–water partition coefficient (Wildman–Crippen LogP) is 2.00. The number of rotatable bonds is 4. The van der Waals surface area contributed by atoms with Gasteiger partial charge in [0.15, 0.2) is 0 Å². The molecule has 96 valence electrons. The number of aliphatic hydroxyl groups excluding tert-OH is 1. The molecule has 17 heavy (non-hydrogen) atoms. The van der Waals surface area contributed by atoms with Crippen LogP contribution in [0.5, 0.6) is 0 Å². The summed E-state index contributed by atoms with van der Waals surface area (Å²) in [7, 11) is 0. The molecule has 1 aliphatic rings. The van der Waals surface area contributed by atoms with Crippen molar-refractivity contribution in [1.29, 1.82) is 0 Å². The van der Waals surface area contributed by atoms with Crippen LogP contribution in [-0.2, 0) is 16.9 Å². The highest BCUT2D eigenvalue weighted by Crippen LogP contribution is 2.41. The molecule has 1 fully saturated rings. The molecule has 0 saturated heterocycles. The van der Waals surface area contributed by atoms with Gasteiger partial charge >= 0.3 is 0 Å². The van der Waals surface area contributed by atoms with Crippen molar-refractivity contribution in [2.45, 2.75) is 51.7 Å². The van der Waals surface area contributed by atoms with E-state index in [1.54, 1.807) is 0 Å². The van der Waals surface area contributed by atoms with E-state index in [2.05, 4.69) is 17.1 Å². The van der Waals surface area contributed by atoms with Crippen molar-refractivity contribution in [3.8, 4) is 0 Å². The summed E-state index contributed by atoms with van der Waals surface area (Å²) in [5.74, 6) is 1.58. The zero-order valence-electron chi connectivity index (χ0n) is 10.5. The monoisotopic (exact) mass is 240 g/mol. The summed E-state index contributed by atoms with van der Waals surface area (Å²) >= 11 is 0. The molecule has 1 aromatic rings. The lowest BCUT2D eigenvalue weighted by atomic mass is 9.79. The number of hydrogen-bond donors (Lipinski definition) is 1. The quantitative estimate of drug-likeness (QED) is 0.871. The largest absolute Gasteiger partial charge is 0.387 e. The number of nitrogens with zero attached hydrogens (tertiary/aromatic N) is 2. The minimum absolute atomic E-state index is 0.217. The van der Waals surface area contributed by atoms with Crippen LogP contribution in [0.4, 0.5) is 0 Å². The molecule has 0 spiro atoms. The number of aliphatic hydroxyl groups is 1. The maximum absolute atomic E-state index is 8.97. The van der Waals surface area contributed by atoms with Crippen LogP contribution in [0.3, 0.4) is 0 Å². The molecule has 1 N–H and O–H groups in total. The van der Waals surface area contributed by atoms with Gasteiger partial charge in [0.2, 0.25) is 5.82 Å².